The number of nitrogens with zero attached hydrogens (tertiary/aromatic N) is 3. The molecule has 0 aliphatic rings. The Morgan fingerprint density at radius 2 is 1.64 bits per heavy atom. The minimum atomic E-state index is -4.69. The normalized spacial score (nSPS) is 12.5. The predicted molar refractivity (Wildman–Crippen MR) is 149 cm³/mol. The third kappa shape index (κ3) is 6.17. The average Bonchev–Trinajstić information content (AvgIpc) is 2.92. The first-order valence-electron chi connectivity index (χ1n) is 12.8. The number of benzene rings is 2. The fraction of sp³-hybridized carbons (Fsp3) is 0.276. The third-order valence-corrected chi connectivity index (χ3v) is 8.24. The Morgan fingerprint density at radius 3 is 2.24 bits per heavy atom. The van der Waals surface area contributed by atoms with Gasteiger partial charge in [-0.3, -0.25) is 14.2 Å². The van der Waals surface area contributed by atoms with E-state index in [9.17, 15) is 31.9 Å². The van der Waals surface area contributed by atoms with Crippen LogP contribution in [-0.4, -0.2) is 47.5 Å². The summed E-state index contributed by atoms with van der Waals surface area (Å²) in [6.07, 6.45) is 1.24. The molecule has 2 aromatic heterocycles. The minimum Gasteiger partial charge on any atom is -0.492 e. The van der Waals surface area contributed by atoms with Gasteiger partial charge < -0.3 is 19.1 Å². The highest BCUT2D eigenvalue weighted by Gasteiger charge is 2.32. The lowest BCUT2D eigenvalue weighted by Gasteiger charge is -2.24. The molecule has 4 aromatic rings. The van der Waals surface area contributed by atoms with Crippen molar-refractivity contribution in [1.29, 1.82) is 0 Å². The van der Waals surface area contributed by atoms with Crippen LogP contribution in [0, 0.1) is 11.6 Å². The minimum absolute atomic E-state index is 0.0353. The van der Waals surface area contributed by atoms with E-state index >= 15 is 0 Å². The fourth-order valence-corrected chi connectivity index (χ4v) is 5.79. The maximum atomic E-state index is 14.2. The summed E-state index contributed by atoms with van der Waals surface area (Å²) in [6, 6.07) is 9.84. The zero-order chi connectivity index (χ0) is 30.8. The Labute approximate surface area is 240 Å². The lowest BCUT2D eigenvalue weighted by molar-refractivity contribution is 0.0557. The van der Waals surface area contributed by atoms with Crippen molar-refractivity contribution < 1.29 is 31.8 Å². The largest absolute Gasteiger partial charge is 0.492 e. The van der Waals surface area contributed by atoms with Gasteiger partial charge in [0.1, 0.15) is 24.1 Å². The monoisotopic (exact) mass is 601 g/mol. The molecule has 42 heavy (non-hydrogen) atoms. The molecular formula is C29H29F2N3O7S. The number of rotatable bonds is 10. The number of halogens is 2. The molecule has 222 valence electrons. The second-order valence-corrected chi connectivity index (χ2v) is 11.6. The van der Waals surface area contributed by atoms with Crippen molar-refractivity contribution in [1.82, 2.24) is 14.1 Å². The standard InChI is InChI=1S/C29H29F2N3O7S/c1-17(2)41-16-25-32-27(35)26(29(37)34(25)24(15-40-4)19-12-20(30)14-21(31)13-19)42(38,39)22-9-7-18(8-10-22)23-6-5-11-33(3)28(23)36/h5-14,17,24,35H,15-16H2,1-4H3. The van der Waals surface area contributed by atoms with Gasteiger partial charge in [-0.1, -0.05) is 12.1 Å². The van der Waals surface area contributed by atoms with Crippen LogP contribution >= 0.6 is 0 Å². The molecule has 1 atom stereocenters. The molecule has 1 N–H and O–H groups in total. The van der Waals surface area contributed by atoms with E-state index in [4.69, 9.17) is 9.47 Å². The summed E-state index contributed by atoms with van der Waals surface area (Å²) in [4.78, 5) is 29.0. The average molecular weight is 602 g/mol. The van der Waals surface area contributed by atoms with Gasteiger partial charge in [-0.25, -0.2) is 17.2 Å². The van der Waals surface area contributed by atoms with Gasteiger partial charge in [0, 0.05) is 32.0 Å². The van der Waals surface area contributed by atoms with Crippen molar-refractivity contribution in [3.8, 4) is 17.0 Å². The molecule has 0 amide bonds. The SMILES string of the molecule is COCC(c1cc(F)cc(F)c1)n1c(COC(C)C)nc(O)c(S(=O)(=O)c2ccc(-c3cccn(C)c3=O)cc2)c1=O. The second kappa shape index (κ2) is 12.3. The van der Waals surface area contributed by atoms with Crippen LogP contribution in [0.25, 0.3) is 11.1 Å². The third-order valence-electron chi connectivity index (χ3n) is 6.45. The van der Waals surface area contributed by atoms with Gasteiger partial charge in [-0.15, -0.1) is 0 Å². The molecular weight excluding hydrogens is 572 g/mol. The van der Waals surface area contributed by atoms with E-state index in [-0.39, 0.29) is 41.2 Å². The summed E-state index contributed by atoms with van der Waals surface area (Å²) in [7, 11) is -1.82. The van der Waals surface area contributed by atoms with Crippen LogP contribution in [0.1, 0.15) is 31.3 Å². The molecule has 0 bridgehead atoms. The Hall–Kier alpha value is -4.20. The number of aromatic hydroxyl groups is 1. The van der Waals surface area contributed by atoms with Crippen LogP contribution < -0.4 is 11.1 Å². The quantitative estimate of drug-likeness (QED) is 0.292. The molecule has 0 aliphatic heterocycles. The van der Waals surface area contributed by atoms with Crippen LogP contribution in [0.3, 0.4) is 0 Å². The molecule has 13 heteroatoms. The highest BCUT2D eigenvalue weighted by Crippen LogP contribution is 2.29. The first-order valence-corrected chi connectivity index (χ1v) is 14.3. The van der Waals surface area contributed by atoms with E-state index in [1.54, 1.807) is 39.2 Å². The van der Waals surface area contributed by atoms with E-state index in [1.807, 2.05) is 0 Å². The first kappa shape index (κ1) is 30.8. The predicted octanol–water partition coefficient (Wildman–Crippen LogP) is 3.59. The number of sulfone groups is 1. The van der Waals surface area contributed by atoms with Crippen LogP contribution in [0.15, 0.2) is 80.2 Å². The molecule has 2 heterocycles. The van der Waals surface area contributed by atoms with E-state index in [1.165, 1.54) is 35.9 Å². The molecule has 1 unspecified atom stereocenters. The molecule has 0 radical (unpaired) electrons. The van der Waals surface area contributed by atoms with Crippen molar-refractivity contribution in [2.24, 2.45) is 7.05 Å². The lowest BCUT2D eigenvalue weighted by atomic mass is 10.1. The smallest absolute Gasteiger partial charge is 0.277 e. The lowest BCUT2D eigenvalue weighted by Crippen LogP contribution is -2.35. The van der Waals surface area contributed by atoms with Crippen molar-refractivity contribution in [2.45, 2.75) is 42.4 Å². The Kier molecular flexibility index (Phi) is 9.04. The van der Waals surface area contributed by atoms with Gasteiger partial charge >= 0.3 is 0 Å². The van der Waals surface area contributed by atoms with Crippen molar-refractivity contribution in [3.05, 3.63) is 105 Å². The Morgan fingerprint density at radius 1 is 1.00 bits per heavy atom. The molecule has 0 aliphatic carbocycles. The summed E-state index contributed by atoms with van der Waals surface area (Å²) in [5.41, 5.74) is -0.765. The van der Waals surface area contributed by atoms with E-state index in [0.29, 0.717) is 17.2 Å². The van der Waals surface area contributed by atoms with E-state index in [0.717, 1.165) is 16.7 Å². The van der Waals surface area contributed by atoms with Crippen LogP contribution in [-0.2, 0) is 33.0 Å². The van der Waals surface area contributed by atoms with Gasteiger partial charge in [0.25, 0.3) is 11.1 Å². The summed E-state index contributed by atoms with van der Waals surface area (Å²) in [5, 5.41) is 10.8. The first-order chi connectivity index (χ1) is 19.8. The Balaban J connectivity index is 1.91. The molecule has 0 saturated carbocycles. The summed E-state index contributed by atoms with van der Waals surface area (Å²) < 4.78 is 68.9. The number of aromatic nitrogens is 3. The number of methoxy groups -OCH3 is 1. The van der Waals surface area contributed by atoms with Crippen LogP contribution in [0.2, 0.25) is 0 Å². The van der Waals surface area contributed by atoms with Gasteiger partial charge in [0.2, 0.25) is 15.7 Å². The summed E-state index contributed by atoms with van der Waals surface area (Å²) in [6.45, 7) is 2.79. The van der Waals surface area contributed by atoms with Crippen molar-refractivity contribution in [3.63, 3.8) is 0 Å². The number of hydrogen-bond acceptors (Lipinski definition) is 8. The van der Waals surface area contributed by atoms with Gasteiger partial charge in [0.15, 0.2) is 4.90 Å². The molecule has 0 spiro atoms. The molecule has 0 saturated heterocycles. The second-order valence-electron chi connectivity index (χ2n) is 9.76. The summed E-state index contributed by atoms with van der Waals surface area (Å²) in [5.74, 6) is -3.10. The van der Waals surface area contributed by atoms with Crippen LogP contribution in [0.5, 0.6) is 5.88 Å². The topological polar surface area (TPSA) is 130 Å². The Bertz CT molecular complexity index is 1820. The number of pyridine rings is 1. The van der Waals surface area contributed by atoms with Crippen molar-refractivity contribution in [2.75, 3.05) is 13.7 Å². The van der Waals surface area contributed by atoms with Gasteiger partial charge in [-0.2, -0.15) is 4.98 Å². The highest BCUT2D eigenvalue weighted by molar-refractivity contribution is 7.91. The number of ether oxygens (including phenoxy) is 2. The molecule has 4 rings (SSSR count). The summed E-state index contributed by atoms with van der Waals surface area (Å²) >= 11 is 0. The maximum absolute atomic E-state index is 14.2. The maximum Gasteiger partial charge on any atom is 0.277 e. The van der Waals surface area contributed by atoms with E-state index < -0.39 is 43.8 Å². The van der Waals surface area contributed by atoms with Gasteiger partial charge in [-0.05, 0) is 61.4 Å². The molecule has 2 aromatic carbocycles. The van der Waals surface area contributed by atoms with Crippen LogP contribution in [0.4, 0.5) is 8.78 Å². The number of hydrogen-bond donors (Lipinski definition) is 1. The fourth-order valence-electron chi connectivity index (χ4n) is 4.44. The zero-order valence-electron chi connectivity index (χ0n) is 23.2. The molecule has 10 nitrogen and oxygen atoms in total. The highest BCUT2D eigenvalue weighted by atomic mass is 32.2. The zero-order valence-corrected chi connectivity index (χ0v) is 24.1. The van der Waals surface area contributed by atoms with Crippen molar-refractivity contribution >= 4 is 9.84 Å². The van der Waals surface area contributed by atoms with E-state index in [2.05, 4.69) is 4.98 Å². The van der Waals surface area contributed by atoms with Gasteiger partial charge in [0.05, 0.1) is 23.6 Å². The number of aryl methyl sites for hydroxylation is 1. The molecule has 0 fully saturated rings.